The maximum Gasteiger partial charge on any atom is 0.335 e. The Labute approximate surface area is 158 Å². The number of carbonyl (C=O) groups is 2. The Morgan fingerprint density at radius 2 is 2.00 bits per heavy atom. The highest BCUT2D eigenvalue weighted by Gasteiger charge is 2.25. The van der Waals surface area contributed by atoms with Gasteiger partial charge in [0.25, 0.3) is 5.91 Å². The number of carboxylic acids is 1. The lowest BCUT2D eigenvalue weighted by Gasteiger charge is -2.20. The van der Waals surface area contributed by atoms with E-state index in [2.05, 4.69) is 10.4 Å². The van der Waals surface area contributed by atoms with E-state index >= 15 is 0 Å². The molecule has 1 heterocycles. The van der Waals surface area contributed by atoms with Crippen molar-refractivity contribution >= 4 is 17.6 Å². The lowest BCUT2D eigenvalue weighted by molar-refractivity contribution is 0.0696. The smallest absolute Gasteiger partial charge is 0.335 e. The van der Waals surface area contributed by atoms with Crippen LogP contribution in [0.1, 0.15) is 70.0 Å². The number of benzene rings is 1. The summed E-state index contributed by atoms with van der Waals surface area (Å²) in [6.07, 6.45) is 7.37. The molecule has 0 aliphatic heterocycles. The molecule has 0 spiro atoms. The van der Waals surface area contributed by atoms with Crippen molar-refractivity contribution in [3.63, 3.8) is 0 Å². The van der Waals surface area contributed by atoms with Gasteiger partial charge in [-0.15, -0.1) is 0 Å². The van der Waals surface area contributed by atoms with E-state index in [9.17, 15) is 14.7 Å². The molecule has 2 aromatic rings. The summed E-state index contributed by atoms with van der Waals surface area (Å²) in [6.45, 7) is 0.268. The van der Waals surface area contributed by atoms with Crippen LogP contribution in [0.2, 0.25) is 0 Å². The number of ether oxygens (including phenoxy) is 1. The van der Waals surface area contributed by atoms with Crippen molar-refractivity contribution in [2.75, 3.05) is 12.4 Å². The van der Waals surface area contributed by atoms with Crippen LogP contribution in [0.15, 0.2) is 24.4 Å². The lowest BCUT2D eigenvalue weighted by atomic mass is 9.85. The molecule has 1 aliphatic rings. The predicted octanol–water partition coefficient (Wildman–Crippen LogP) is 3.56. The van der Waals surface area contributed by atoms with Crippen molar-refractivity contribution in [3.8, 4) is 0 Å². The first kappa shape index (κ1) is 19.1. The minimum Gasteiger partial charge on any atom is -0.478 e. The molecule has 7 heteroatoms. The van der Waals surface area contributed by atoms with E-state index in [0.29, 0.717) is 22.7 Å². The van der Waals surface area contributed by atoms with Gasteiger partial charge in [0.15, 0.2) is 0 Å². The second kappa shape index (κ2) is 8.35. The van der Waals surface area contributed by atoms with Gasteiger partial charge < -0.3 is 15.2 Å². The van der Waals surface area contributed by atoms with Crippen molar-refractivity contribution in [3.05, 3.63) is 46.8 Å². The monoisotopic (exact) mass is 371 g/mol. The zero-order valence-corrected chi connectivity index (χ0v) is 15.7. The fraction of sp³-hybridized carbons (Fsp3) is 0.450. The summed E-state index contributed by atoms with van der Waals surface area (Å²) >= 11 is 0. The molecule has 0 saturated heterocycles. The number of nitrogens with one attached hydrogen (secondary N) is 1. The Morgan fingerprint density at radius 3 is 2.67 bits per heavy atom. The van der Waals surface area contributed by atoms with Crippen LogP contribution in [0.3, 0.4) is 0 Å². The van der Waals surface area contributed by atoms with Gasteiger partial charge in [-0.2, -0.15) is 5.10 Å². The number of rotatable bonds is 6. The number of amides is 1. The van der Waals surface area contributed by atoms with E-state index in [1.165, 1.54) is 19.6 Å². The van der Waals surface area contributed by atoms with E-state index in [1.54, 1.807) is 23.0 Å². The molecule has 0 bridgehead atoms. The molecule has 7 nitrogen and oxygen atoms in total. The Hall–Kier alpha value is -2.67. The first-order chi connectivity index (χ1) is 13.0. The van der Waals surface area contributed by atoms with Crippen molar-refractivity contribution in [2.24, 2.45) is 7.05 Å². The Bertz CT molecular complexity index is 838. The Kier molecular flexibility index (Phi) is 5.91. The zero-order valence-electron chi connectivity index (χ0n) is 15.7. The number of aromatic nitrogens is 2. The molecule has 1 saturated carbocycles. The summed E-state index contributed by atoms with van der Waals surface area (Å²) in [7, 11) is 3.35. The molecule has 0 radical (unpaired) electrons. The molecule has 0 unspecified atom stereocenters. The molecule has 0 atom stereocenters. The molecule has 3 rings (SSSR count). The fourth-order valence-corrected chi connectivity index (χ4v) is 3.69. The molecular weight excluding hydrogens is 346 g/mol. The number of nitrogens with zero attached hydrogens (tertiary/aromatic N) is 2. The molecule has 2 N–H and O–H groups in total. The van der Waals surface area contributed by atoms with Crippen LogP contribution in [0.5, 0.6) is 0 Å². The van der Waals surface area contributed by atoms with Gasteiger partial charge in [0.2, 0.25) is 0 Å². The molecular formula is C20H25N3O4. The SMILES string of the molecule is COCc1cc(NC(=O)c2cn(C)nc2C2CCCCC2)cc(C(=O)O)c1. The third-order valence-electron chi connectivity index (χ3n) is 4.90. The normalized spacial score (nSPS) is 14.9. The van der Waals surface area contributed by atoms with Crippen LogP contribution in [0, 0.1) is 0 Å². The quantitative estimate of drug-likeness (QED) is 0.810. The number of methoxy groups -OCH3 is 1. The van der Waals surface area contributed by atoms with Crippen molar-refractivity contribution in [2.45, 2.75) is 44.6 Å². The third-order valence-corrected chi connectivity index (χ3v) is 4.90. The van der Waals surface area contributed by atoms with E-state index in [4.69, 9.17) is 4.74 Å². The standard InChI is InChI=1S/C20H25N3O4/c1-23-11-17(18(22-23)14-6-4-3-5-7-14)19(24)21-16-9-13(12-27-2)8-15(10-16)20(25)26/h8-11,14H,3-7,12H2,1-2H3,(H,21,24)(H,25,26). The second-order valence-corrected chi connectivity index (χ2v) is 7.05. The van der Waals surface area contributed by atoms with Gasteiger partial charge in [-0.3, -0.25) is 9.48 Å². The molecule has 1 fully saturated rings. The predicted molar refractivity (Wildman–Crippen MR) is 101 cm³/mol. The van der Waals surface area contributed by atoms with E-state index in [1.807, 2.05) is 7.05 Å². The van der Waals surface area contributed by atoms with Gasteiger partial charge in [-0.25, -0.2) is 4.79 Å². The highest BCUT2D eigenvalue weighted by molar-refractivity contribution is 6.05. The number of carbonyl (C=O) groups excluding carboxylic acids is 1. The fourth-order valence-electron chi connectivity index (χ4n) is 3.69. The summed E-state index contributed by atoms with van der Waals surface area (Å²) in [5.74, 6) is -1.02. The maximum atomic E-state index is 12.9. The lowest BCUT2D eigenvalue weighted by Crippen LogP contribution is -2.16. The van der Waals surface area contributed by atoms with Gasteiger partial charge in [0.1, 0.15) is 0 Å². The maximum absolute atomic E-state index is 12.9. The number of aryl methyl sites for hydroxylation is 1. The summed E-state index contributed by atoms with van der Waals surface area (Å²) in [5, 5.41) is 16.7. The van der Waals surface area contributed by atoms with Crippen LogP contribution >= 0.6 is 0 Å². The van der Waals surface area contributed by atoms with E-state index in [0.717, 1.165) is 31.4 Å². The van der Waals surface area contributed by atoms with Gasteiger partial charge in [-0.1, -0.05) is 19.3 Å². The molecule has 1 aromatic carbocycles. The van der Waals surface area contributed by atoms with Crippen LogP contribution in [-0.2, 0) is 18.4 Å². The minimum atomic E-state index is -1.05. The van der Waals surface area contributed by atoms with Crippen molar-refractivity contribution in [1.82, 2.24) is 9.78 Å². The van der Waals surface area contributed by atoms with Crippen LogP contribution in [0.25, 0.3) is 0 Å². The molecule has 1 aliphatic carbocycles. The summed E-state index contributed by atoms with van der Waals surface area (Å²) in [5.41, 5.74) is 2.62. The first-order valence-corrected chi connectivity index (χ1v) is 9.19. The van der Waals surface area contributed by atoms with Gasteiger partial charge in [-0.05, 0) is 36.6 Å². The topological polar surface area (TPSA) is 93.5 Å². The molecule has 144 valence electrons. The number of hydrogen-bond donors (Lipinski definition) is 2. The van der Waals surface area contributed by atoms with Gasteiger partial charge >= 0.3 is 5.97 Å². The third kappa shape index (κ3) is 4.54. The largest absolute Gasteiger partial charge is 0.478 e. The van der Waals surface area contributed by atoms with Gasteiger partial charge in [0.05, 0.1) is 23.4 Å². The van der Waals surface area contributed by atoms with Crippen molar-refractivity contribution < 1.29 is 19.4 Å². The summed E-state index contributed by atoms with van der Waals surface area (Å²) in [6, 6.07) is 4.72. The van der Waals surface area contributed by atoms with Crippen molar-refractivity contribution in [1.29, 1.82) is 0 Å². The minimum absolute atomic E-state index is 0.110. The Balaban J connectivity index is 1.86. The number of anilines is 1. The van der Waals surface area contributed by atoms with E-state index in [-0.39, 0.29) is 18.1 Å². The summed E-state index contributed by atoms with van der Waals surface area (Å²) in [4.78, 5) is 24.3. The van der Waals surface area contributed by atoms with E-state index < -0.39 is 5.97 Å². The molecule has 1 amide bonds. The van der Waals surface area contributed by atoms with Crippen LogP contribution in [-0.4, -0.2) is 33.9 Å². The highest BCUT2D eigenvalue weighted by Crippen LogP contribution is 2.33. The average Bonchev–Trinajstić information content (AvgIpc) is 3.04. The van der Waals surface area contributed by atoms with Crippen LogP contribution in [0.4, 0.5) is 5.69 Å². The number of carboxylic acid groups (broad SMARTS) is 1. The Morgan fingerprint density at radius 1 is 1.26 bits per heavy atom. The highest BCUT2D eigenvalue weighted by atomic mass is 16.5. The van der Waals surface area contributed by atoms with Gasteiger partial charge in [0, 0.05) is 32.0 Å². The first-order valence-electron chi connectivity index (χ1n) is 9.19. The second-order valence-electron chi connectivity index (χ2n) is 7.05. The number of aromatic carboxylic acids is 1. The molecule has 27 heavy (non-hydrogen) atoms. The zero-order chi connectivity index (χ0) is 19.4. The molecule has 1 aromatic heterocycles. The van der Waals surface area contributed by atoms with Crippen LogP contribution < -0.4 is 5.32 Å². The average molecular weight is 371 g/mol. The summed E-state index contributed by atoms with van der Waals surface area (Å²) < 4.78 is 6.76. The number of hydrogen-bond acceptors (Lipinski definition) is 4.